The van der Waals surface area contributed by atoms with Crippen LogP contribution in [0.2, 0.25) is 0 Å². The van der Waals surface area contributed by atoms with Gasteiger partial charge in [-0.3, -0.25) is 9.89 Å². The summed E-state index contributed by atoms with van der Waals surface area (Å²) in [6, 6.07) is 11.3. The number of benzene rings is 2. The number of hydrogen-bond acceptors (Lipinski definition) is 4. The quantitative estimate of drug-likeness (QED) is 0.678. The second kappa shape index (κ2) is 5.49. The lowest BCUT2D eigenvalue weighted by molar-refractivity contribution is 0.102. The Bertz CT molecular complexity index is 991. The number of anilines is 1. The number of H-pyrrole nitrogens is 1. The zero-order chi connectivity index (χ0) is 16.6. The standard InChI is InChI=1S/C15H14N4O3S/c1-9-2-7-13-12(8-9)14(19-18-13)15(20)17-10-3-5-11(6-4-10)23(16,21)22/h2-8H,1H3,(H,17,20)(H,18,19)(H2,16,21,22). The maximum absolute atomic E-state index is 12.3. The molecule has 0 aliphatic rings. The molecular weight excluding hydrogens is 316 g/mol. The molecule has 7 nitrogen and oxygen atoms in total. The summed E-state index contributed by atoms with van der Waals surface area (Å²) in [5.41, 5.74) is 2.52. The molecule has 0 atom stereocenters. The number of rotatable bonds is 3. The molecule has 8 heteroatoms. The molecule has 0 unspecified atom stereocenters. The topological polar surface area (TPSA) is 118 Å². The first-order chi connectivity index (χ1) is 10.8. The molecule has 118 valence electrons. The van der Waals surface area contributed by atoms with Crippen molar-refractivity contribution in [3.8, 4) is 0 Å². The minimum atomic E-state index is -3.75. The number of nitrogens with two attached hydrogens (primary N) is 1. The van der Waals surface area contributed by atoms with E-state index >= 15 is 0 Å². The fraction of sp³-hybridized carbons (Fsp3) is 0.0667. The van der Waals surface area contributed by atoms with E-state index in [-0.39, 0.29) is 16.5 Å². The fourth-order valence-electron chi connectivity index (χ4n) is 2.22. The van der Waals surface area contributed by atoms with Gasteiger partial charge in [0, 0.05) is 11.1 Å². The zero-order valence-corrected chi connectivity index (χ0v) is 13.0. The van der Waals surface area contributed by atoms with Gasteiger partial charge in [-0.1, -0.05) is 11.6 Å². The molecule has 0 saturated heterocycles. The Labute approximate surface area is 132 Å². The smallest absolute Gasteiger partial charge is 0.276 e. The molecular formula is C15H14N4O3S. The minimum Gasteiger partial charge on any atom is -0.321 e. The molecule has 1 heterocycles. The Hall–Kier alpha value is -2.71. The summed E-state index contributed by atoms with van der Waals surface area (Å²) in [7, 11) is -3.75. The number of nitrogens with one attached hydrogen (secondary N) is 2. The third kappa shape index (κ3) is 3.08. The predicted octanol–water partition coefficient (Wildman–Crippen LogP) is 1.77. The van der Waals surface area contributed by atoms with Crippen LogP contribution in [0.15, 0.2) is 47.4 Å². The number of aromatic amines is 1. The van der Waals surface area contributed by atoms with Gasteiger partial charge < -0.3 is 5.32 Å². The van der Waals surface area contributed by atoms with Crippen LogP contribution in [0, 0.1) is 6.92 Å². The van der Waals surface area contributed by atoms with Crippen molar-refractivity contribution < 1.29 is 13.2 Å². The molecule has 4 N–H and O–H groups in total. The van der Waals surface area contributed by atoms with Crippen LogP contribution in [-0.2, 0) is 10.0 Å². The Morgan fingerprint density at radius 2 is 1.87 bits per heavy atom. The predicted molar refractivity (Wildman–Crippen MR) is 86.6 cm³/mol. The second-order valence-corrected chi connectivity index (χ2v) is 6.71. The van der Waals surface area contributed by atoms with Crippen molar-refractivity contribution in [3.05, 3.63) is 53.7 Å². The second-order valence-electron chi connectivity index (χ2n) is 5.14. The molecule has 0 bridgehead atoms. The summed E-state index contributed by atoms with van der Waals surface area (Å²) in [5, 5.41) is 15.3. The Morgan fingerprint density at radius 1 is 1.17 bits per heavy atom. The number of carbonyl (C=O) groups is 1. The van der Waals surface area contributed by atoms with Crippen molar-refractivity contribution >= 4 is 32.5 Å². The highest BCUT2D eigenvalue weighted by Gasteiger charge is 2.15. The summed E-state index contributed by atoms with van der Waals surface area (Å²) >= 11 is 0. The highest BCUT2D eigenvalue weighted by Crippen LogP contribution is 2.19. The average Bonchev–Trinajstić information content (AvgIpc) is 2.90. The largest absolute Gasteiger partial charge is 0.321 e. The van der Waals surface area contributed by atoms with Crippen molar-refractivity contribution in [1.82, 2.24) is 10.2 Å². The molecule has 23 heavy (non-hydrogen) atoms. The van der Waals surface area contributed by atoms with E-state index in [1.807, 2.05) is 25.1 Å². The van der Waals surface area contributed by atoms with Gasteiger partial charge in [-0.2, -0.15) is 5.10 Å². The minimum absolute atomic E-state index is 0.0173. The zero-order valence-electron chi connectivity index (χ0n) is 12.2. The van der Waals surface area contributed by atoms with Crippen LogP contribution in [0.1, 0.15) is 16.1 Å². The lowest BCUT2D eigenvalue weighted by Gasteiger charge is -2.05. The number of amides is 1. The number of sulfonamides is 1. The van der Waals surface area contributed by atoms with E-state index in [0.29, 0.717) is 5.69 Å². The van der Waals surface area contributed by atoms with Crippen molar-refractivity contribution in [2.45, 2.75) is 11.8 Å². The van der Waals surface area contributed by atoms with E-state index in [1.165, 1.54) is 24.3 Å². The van der Waals surface area contributed by atoms with Crippen LogP contribution in [0.25, 0.3) is 10.9 Å². The van der Waals surface area contributed by atoms with Gasteiger partial charge in [-0.15, -0.1) is 0 Å². The summed E-state index contributed by atoms with van der Waals surface area (Å²) in [6.45, 7) is 1.93. The fourth-order valence-corrected chi connectivity index (χ4v) is 2.73. The van der Waals surface area contributed by atoms with Gasteiger partial charge >= 0.3 is 0 Å². The lowest BCUT2D eigenvalue weighted by atomic mass is 10.1. The molecule has 2 aromatic carbocycles. The summed E-state index contributed by atoms with van der Waals surface area (Å²) in [4.78, 5) is 12.3. The van der Waals surface area contributed by atoms with Crippen LogP contribution < -0.4 is 10.5 Å². The molecule has 0 spiro atoms. The van der Waals surface area contributed by atoms with Crippen molar-refractivity contribution in [2.75, 3.05) is 5.32 Å². The van der Waals surface area contributed by atoms with Gasteiger partial charge in [-0.25, -0.2) is 13.6 Å². The first-order valence-electron chi connectivity index (χ1n) is 6.73. The third-order valence-electron chi connectivity index (χ3n) is 3.37. The van der Waals surface area contributed by atoms with Gasteiger partial charge in [0.15, 0.2) is 5.69 Å². The first kappa shape index (κ1) is 15.2. The summed E-state index contributed by atoms with van der Waals surface area (Å²) in [6.07, 6.45) is 0. The molecule has 0 aliphatic carbocycles. The third-order valence-corrected chi connectivity index (χ3v) is 4.30. The van der Waals surface area contributed by atoms with Gasteiger partial charge in [-0.05, 0) is 43.3 Å². The molecule has 0 saturated carbocycles. The summed E-state index contributed by atoms with van der Waals surface area (Å²) < 4.78 is 22.4. The van der Waals surface area contributed by atoms with E-state index in [4.69, 9.17) is 5.14 Å². The molecule has 1 aromatic heterocycles. The molecule has 3 rings (SSSR count). The highest BCUT2D eigenvalue weighted by molar-refractivity contribution is 7.89. The number of nitrogens with zero attached hydrogens (tertiary/aromatic N) is 1. The molecule has 0 radical (unpaired) electrons. The van der Waals surface area contributed by atoms with Crippen LogP contribution in [0.5, 0.6) is 0 Å². The monoisotopic (exact) mass is 330 g/mol. The van der Waals surface area contributed by atoms with Gasteiger partial charge in [0.25, 0.3) is 5.91 Å². The molecule has 0 fully saturated rings. The van der Waals surface area contributed by atoms with E-state index in [0.717, 1.165) is 16.5 Å². The van der Waals surface area contributed by atoms with E-state index in [1.54, 1.807) is 0 Å². The SMILES string of the molecule is Cc1ccc2[nH]nc(C(=O)Nc3ccc(S(N)(=O)=O)cc3)c2c1. The molecule has 3 aromatic rings. The van der Waals surface area contributed by atoms with Gasteiger partial charge in [0.05, 0.1) is 10.4 Å². The highest BCUT2D eigenvalue weighted by atomic mass is 32.2. The molecule has 1 amide bonds. The van der Waals surface area contributed by atoms with Crippen LogP contribution in [-0.4, -0.2) is 24.5 Å². The van der Waals surface area contributed by atoms with Crippen LogP contribution in [0.3, 0.4) is 0 Å². The average molecular weight is 330 g/mol. The Morgan fingerprint density at radius 3 is 2.52 bits per heavy atom. The number of carbonyl (C=O) groups excluding carboxylic acids is 1. The van der Waals surface area contributed by atoms with E-state index in [2.05, 4.69) is 15.5 Å². The van der Waals surface area contributed by atoms with Crippen molar-refractivity contribution in [3.63, 3.8) is 0 Å². The van der Waals surface area contributed by atoms with Crippen LogP contribution in [0.4, 0.5) is 5.69 Å². The van der Waals surface area contributed by atoms with Gasteiger partial charge in [0.2, 0.25) is 10.0 Å². The van der Waals surface area contributed by atoms with E-state index < -0.39 is 10.0 Å². The first-order valence-corrected chi connectivity index (χ1v) is 8.28. The van der Waals surface area contributed by atoms with Crippen molar-refractivity contribution in [2.24, 2.45) is 5.14 Å². The number of aromatic nitrogens is 2. The number of hydrogen-bond donors (Lipinski definition) is 3. The van der Waals surface area contributed by atoms with Crippen molar-refractivity contribution in [1.29, 1.82) is 0 Å². The maximum Gasteiger partial charge on any atom is 0.276 e. The van der Waals surface area contributed by atoms with Gasteiger partial charge in [0.1, 0.15) is 0 Å². The number of fused-ring (bicyclic) bond motifs is 1. The van der Waals surface area contributed by atoms with Crippen LogP contribution >= 0.6 is 0 Å². The molecule has 0 aliphatic heterocycles. The lowest BCUT2D eigenvalue weighted by Crippen LogP contribution is -2.14. The van der Waals surface area contributed by atoms with E-state index in [9.17, 15) is 13.2 Å². The Balaban J connectivity index is 1.87. The number of primary sulfonamides is 1. The normalized spacial score (nSPS) is 11.6. The number of aryl methyl sites for hydroxylation is 1. The Kier molecular flexibility index (Phi) is 3.63. The maximum atomic E-state index is 12.3. The summed E-state index contributed by atoms with van der Waals surface area (Å²) in [5.74, 6) is -0.384.